The van der Waals surface area contributed by atoms with Crippen molar-refractivity contribution in [3.63, 3.8) is 0 Å². The van der Waals surface area contributed by atoms with Gasteiger partial charge in [-0.3, -0.25) is 19.6 Å². The van der Waals surface area contributed by atoms with Gasteiger partial charge in [0.1, 0.15) is 5.69 Å². The molecule has 0 bridgehead atoms. The smallest absolute Gasteiger partial charge is 0.322 e. The Bertz CT molecular complexity index is 1210. The molecule has 11 heteroatoms. The average Bonchev–Trinajstić information content (AvgIpc) is 3.16. The standard InChI is InChI=1S/C13H10N8O3/c14-21-10-9(11(22)17-13(24)16-10)12(23)20(21)7-3-1-6(2-4-7)8-5-15-19-18-8/h1-5H,14H2,(H,15,18,19)(H2,16,17,22,24). The summed E-state index contributed by atoms with van der Waals surface area (Å²) in [5, 5.41) is 9.97. The van der Waals surface area contributed by atoms with Crippen molar-refractivity contribution in [2.75, 3.05) is 5.84 Å². The van der Waals surface area contributed by atoms with Gasteiger partial charge in [0.15, 0.2) is 11.0 Å². The highest BCUT2D eigenvalue weighted by Crippen LogP contribution is 2.17. The number of fused-ring (bicyclic) bond motifs is 1. The number of aromatic nitrogens is 7. The molecule has 24 heavy (non-hydrogen) atoms. The summed E-state index contributed by atoms with van der Waals surface area (Å²) in [5.41, 5.74) is -0.393. The van der Waals surface area contributed by atoms with E-state index in [1.165, 1.54) is 0 Å². The third kappa shape index (κ3) is 1.88. The second-order valence-corrected chi connectivity index (χ2v) is 5.00. The Hall–Kier alpha value is -3.89. The molecular formula is C13H10N8O3. The Morgan fingerprint density at radius 1 is 1.04 bits per heavy atom. The van der Waals surface area contributed by atoms with Gasteiger partial charge in [-0.1, -0.05) is 12.1 Å². The van der Waals surface area contributed by atoms with E-state index in [9.17, 15) is 14.4 Å². The molecule has 0 amide bonds. The van der Waals surface area contributed by atoms with Crippen molar-refractivity contribution < 1.29 is 0 Å². The van der Waals surface area contributed by atoms with E-state index < -0.39 is 16.8 Å². The van der Waals surface area contributed by atoms with Crippen LogP contribution in [0.4, 0.5) is 0 Å². The largest absolute Gasteiger partial charge is 0.327 e. The zero-order valence-electron chi connectivity index (χ0n) is 12.0. The molecule has 0 aliphatic rings. The first-order valence-electron chi connectivity index (χ1n) is 6.78. The predicted octanol–water partition coefficient (Wildman–Crippen LogP) is -1.33. The monoisotopic (exact) mass is 326 g/mol. The number of H-pyrrole nitrogens is 3. The van der Waals surface area contributed by atoms with Crippen molar-refractivity contribution in [2.45, 2.75) is 0 Å². The van der Waals surface area contributed by atoms with Crippen molar-refractivity contribution in [3.05, 3.63) is 61.7 Å². The molecule has 0 aliphatic heterocycles. The fourth-order valence-corrected chi connectivity index (χ4v) is 2.50. The van der Waals surface area contributed by atoms with Crippen LogP contribution in [-0.2, 0) is 0 Å². The molecule has 0 radical (unpaired) electrons. The maximum absolute atomic E-state index is 12.5. The number of rotatable bonds is 2. The van der Waals surface area contributed by atoms with Crippen molar-refractivity contribution in [2.24, 2.45) is 0 Å². The van der Waals surface area contributed by atoms with Crippen molar-refractivity contribution in [3.8, 4) is 16.9 Å². The average molecular weight is 326 g/mol. The van der Waals surface area contributed by atoms with Gasteiger partial charge < -0.3 is 5.84 Å². The van der Waals surface area contributed by atoms with Gasteiger partial charge in [0.05, 0.1) is 11.9 Å². The summed E-state index contributed by atoms with van der Waals surface area (Å²) >= 11 is 0. The van der Waals surface area contributed by atoms with E-state index in [1.807, 2.05) is 4.98 Å². The van der Waals surface area contributed by atoms with Crippen LogP contribution in [-0.4, -0.2) is 34.9 Å². The van der Waals surface area contributed by atoms with Crippen LogP contribution in [0.5, 0.6) is 0 Å². The summed E-state index contributed by atoms with van der Waals surface area (Å²) in [7, 11) is 0. The van der Waals surface area contributed by atoms with E-state index in [4.69, 9.17) is 5.84 Å². The normalized spacial score (nSPS) is 11.2. The fraction of sp³-hybridized carbons (Fsp3) is 0. The van der Waals surface area contributed by atoms with Crippen LogP contribution in [0.15, 0.2) is 44.8 Å². The highest BCUT2D eigenvalue weighted by molar-refractivity contribution is 5.74. The number of nitrogens with one attached hydrogen (secondary N) is 3. The highest BCUT2D eigenvalue weighted by atomic mass is 16.2. The lowest BCUT2D eigenvalue weighted by atomic mass is 10.1. The predicted molar refractivity (Wildman–Crippen MR) is 84.3 cm³/mol. The van der Waals surface area contributed by atoms with Gasteiger partial charge in [0, 0.05) is 5.56 Å². The molecule has 0 spiro atoms. The van der Waals surface area contributed by atoms with Crippen molar-refractivity contribution >= 4 is 11.0 Å². The molecule has 4 rings (SSSR count). The second kappa shape index (κ2) is 4.81. The maximum atomic E-state index is 12.5. The lowest BCUT2D eigenvalue weighted by Crippen LogP contribution is -2.26. The van der Waals surface area contributed by atoms with Crippen LogP contribution in [0, 0.1) is 0 Å². The van der Waals surface area contributed by atoms with Gasteiger partial charge in [-0.25, -0.2) is 4.79 Å². The number of nitrogen functional groups attached to an aromatic ring is 1. The molecule has 120 valence electrons. The van der Waals surface area contributed by atoms with E-state index in [0.717, 1.165) is 15.0 Å². The lowest BCUT2D eigenvalue weighted by Gasteiger charge is -2.07. The quantitative estimate of drug-likeness (QED) is 0.334. The van der Waals surface area contributed by atoms with E-state index in [0.29, 0.717) is 11.4 Å². The van der Waals surface area contributed by atoms with E-state index in [2.05, 4.69) is 20.4 Å². The Kier molecular flexibility index (Phi) is 2.75. The SMILES string of the molecule is Nn1c2[nH]c(=O)[nH]c(=O)c2c(=O)n1-c1ccc(-c2cn[nH]n2)cc1. The third-order valence-corrected chi connectivity index (χ3v) is 3.60. The maximum Gasteiger partial charge on any atom is 0.327 e. The molecule has 0 saturated carbocycles. The number of nitrogens with zero attached hydrogens (tertiary/aromatic N) is 4. The van der Waals surface area contributed by atoms with E-state index >= 15 is 0 Å². The van der Waals surface area contributed by atoms with Gasteiger partial charge in [0.25, 0.3) is 11.1 Å². The fourth-order valence-electron chi connectivity index (χ4n) is 2.50. The Morgan fingerprint density at radius 2 is 1.79 bits per heavy atom. The van der Waals surface area contributed by atoms with Crippen LogP contribution in [0.1, 0.15) is 0 Å². The molecule has 0 aliphatic carbocycles. The molecule has 0 atom stereocenters. The molecule has 1 aromatic carbocycles. The second-order valence-electron chi connectivity index (χ2n) is 5.00. The number of benzene rings is 1. The van der Waals surface area contributed by atoms with Crippen LogP contribution in [0.2, 0.25) is 0 Å². The number of aromatic amines is 3. The summed E-state index contributed by atoms with van der Waals surface area (Å²) in [4.78, 5) is 41.0. The zero-order chi connectivity index (χ0) is 16.8. The number of nitrogens with two attached hydrogens (primary N) is 1. The first-order chi connectivity index (χ1) is 11.6. The van der Waals surface area contributed by atoms with Crippen LogP contribution < -0.4 is 22.7 Å². The molecule has 11 nitrogen and oxygen atoms in total. The van der Waals surface area contributed by atoms with Gasteiger partial charge in [0.2, 0.25) is 0 Å². The Balaban J connectivity index is 1.94. The van der Waals surface area contributed by atoms with Crippen molar-refractivity contribution in [1.29, 1.82) is 0 Å². The van der Waals surface area contributed by atoms with Gasteiger partial charge in [-0.2, -0.15) is 24.9 Å². The molecular weight excluding hydrogens is 316 g/mol. The molecule has 5 N–H and O–H groups in total. The summed E-state index contributed by atoms with van der Waals surface area (Å²) in [6, 6.07) is 6.73. The Labute approximate surface area is 131 Å². The lowest BCUT2D eigenvalue weighted by molar-refractivity contribution is 0.702. The summed E-state index contributed by atoms with van der Waals surface area (Å²) in [6.45, 7) is 0. The number of hydrogen-bond acceptors (Lipinski definition) is 6. The Morgan fingerprint density at radius 3 is 2.46 bits per heavy atom. The van der Waals surface area contributed by atoms with Gasteiger partial charge in [-0.15, -0.1) is 0 Å². The van der Waals surface area contributed by atoms with E-state index in [-0.39, 0.29) is 11.0 Å². The summed E-state index contributed by atoms with van der Waals surface area (Å²) < 4.78 is 1.09. The third-order valence-electron chi connectivity index (χ3n) is 3.60. The van der Waals surface area contributed by atoms with Crippen LogP contribution >= 0.6 is 0 Å². The molecule has 0 saturated heterocycles. The molecule has 4 aromatic rings. The minimum absolute atomic E-state index is 0.0608. The topological polar surface area (TPSA) is 160 Å². The summed E-state index contributed by atoms with van der Waals surface area (Å²) in [5.74, 6) is 5.87. The number of hydrogen-bond donors (Lipinski definition) is 4. The molecule has 0 unspecified atom stereocenters. The first-order valence-corrected chi connectivity index (χ1v) is 6.78. The first kappa shape index (κ1) is 13.8. The molecule has 0 fully saturated rings. The molecule has 3 heterocycles. The van der Waals surface area contributed by atoms with Crippen LogP contribution in [0.3, 0.4) is 0 Å². The minimum atomic E-state index is -0.795. The van der Waals surface area contributed by atoms with Crippen LogP contribution in [0.25, 0.3) is 28.0 Å². The van der Waals surface area contributed by atoms with E-state index in [1.54, 1.807) is 30.5 Å². The summed E-state index contributed by atoms with van der Waals surface area (Å²) in [6.07, 6.45) is 1.56. The molecule has 3 aromatic heterocycles. The van der Waals surface area contributed by atoms with Gasteiger partial charge >= 0.3 is 5.69 Å². The van der Waals surface area contributed by atoms with Crippen molar-refractivity contribution in [1.82, 2.24) is 34.9 Å². The zero-order valence-corrected chi connectivity index (χ0v) is 12.0. The van der Waals surface area contributed by atoms with Gasteiger partial charge in [-0.05, 0) is 12.1 Å². The highest BCUT2D eigenvalue weighted by Gasteiger charge is 2.17. The minimum Gasteiger partial charge on any atom is -0.322 e.